The van der Waals surface area contributed by atoms with Crippen molar-refractivity contribution in [3.05, 3.63) is 29.6 Å². The second kappa shape index (κ2) is 6.07. The van der Waals surface area contributed by atoms with E-state index in [4.69, 9.17) is 5.11 Å². The third-order valence-electron chi connectivity index (χ3n) is 2.37. The maximum Gasteiger partial charge on any atom is 0.330 e. The lowest BCUT2D eigenvalue weighted by molar-refractivity contribution is -0.132. The van der Waals surface area contributed by atoms with E-state index in [1.807, 2.05) is 17.8 Å². The maximum atomic E-state index is 10.5. The highest BCUT2D eigenvalue weighted by atomic mass is 16.4. The van der Waals surface area contributed by atoms with Crippen LogP contribution in [0.3, 0.4) is 0 Å². The Hall–Kier alpha value is -1.62. The van der Waals surface area contributed by atoms with E-state index in [9.17, 15) is 4.79 Å². The molecule has 0 amide bonds. The molecule has 0 aliphatic heterocycles. The fraction of sp³-hybridized carbons (Fsp3) is 0.455. The van der Waals surface area contributed by atoms with E-state index in [2.05, 4.69) is 10.4 Å². The van der Waals surface area contributed by atoms with Gasteiger partial charge in [0.2, 0.25) is 0 Å². The number of hydrogen-bond acceptors (Lipinski definition) is 3. The van der Waals surface area contributed by atoms with Gasteiger partial charge < -0.3 is 10.4 Å². The number of carboxylic acids is 1. The predicted octanol–water partition coefficient (Wildman–Crippen LogP) is 0.583. The van der Waals surface area contributed by atoms with E-state index in [1.165, 1.54) is 0 Å². The molecular weight excluding hydrogens is 206 g/mol. The van der Waals surface area contributed by atoms with Gasteiger partial charge in [-0.3, -0.25) is 4.68 Å². The summed E-state index contributed by atoms with van der Waals surface area (Å²) in [7, 11) is 1.91. The highest BCUT2D eigenvalue weighted by Crippen LogP contribution is 1.96. The lowest BCUT2D eigenvalue weighted by atomic mass is 10.3. The first-order chi connectivity index (χ1) is 7.61. The minimum atomic E-state index is -0.867. The Morgan fingerprint density at radius 1 is 1.69 bits per heavy atom. The van der Waals surface area contributed by atoms with Crippen molar-refractivity contribution in [2.24, 2.45) is 7.05 Å². The summed E-state index contributed by atoms with van der Waals surface area (Å²) in [5, 5.41) is 15.8. The van der Waals surface area contributed by atoms with Crippen LogP contribution in [0.25, 0.3) is 0 Å². The third-order valence-corrected chi connectivity index (χ3v) is 2.37. The highest BCUT2D eigenvalue weighted by molar-refractivity contribution is 5.85. The largest absolute Gasteiger partial charge is 0.478 e. The summed E-state index contributed by atoms with van der Waals surface area (Å²) in [4.78, 5) is 10.5. The Kier molecular flexibility index (Phi) is 4.72. The zero-order chi connectivity index (χ0) is 12.0. The van der Waals surface area contributed by atoms with Crippen LogP contribution in [-0.4, -0.2) is 33.9 Å². The van der Waals surface area contributed by atoms with Gasteiger partial charge in [-0.05, 0) is 13.0 Å². The predicted molar refractivity (Wildman–Crippen MR) is 61.2 cm³/mol. The molecule has 0 radical (unpaired) electrons. The van der Waals surface area contributed by atoms with Crippen molar-refractivity contribution in [2.45, 2.75) is 13.3 Å². The maximum absolute atomic E-state index is 10.5. The smallest absolute Gasteiger partial charge is 0.330 e. The third kappa shape index (κ3) is 3.86. The summed E-state index contributed by atoms with van der Waals surface area (Å²) in [6, 6.07) is 1.97. The molecule has 5 nitrogen and oxygen atoms in total. The van der Waals surface area contributed by atoms with E-state index in [0.717, 1.165) is 18.7 Å². The van der Waals surface area contributed by atoms with Gasteiger partial charge in [0.25, 0.3) is 0 Å². The number of nitrogens with zero attached hydrogens (tertiary/aromatic N) is 2. The molecule has 1 heterocycles. The first kappa shape index (κ1) is 12.4. The quantitative estimate of drug-likeness (QED) is 0.547. The van der Waals surface area contributed by atoms with Crippen molar-refractivity contribution in [2.75, 3.05) is 13.1 Å². The first-order valence-corrected chi connectivity index (χ1v) is 5.19. The van der Waals surface area contributed by atoms with Crippen LogP contribution in [0, 0.1) is 0 Å². The van der Waals surface area contributed by atoms with E-state index in [0.29, 0.717) is 12.1 Å². The number of aliphatic carboxylic acids is 1. The molecule has 0 unspecified atom stereocenters. The van der Waals surface area contributed by atoms with Crippen LogP contribution in [0.1, 0.15) is 12.6 Å². The summed E-state index contributed by atoms with van der Waals surface area (Å²) >= 11 is 0. The number of carbonyl (C=O) groups is 1. The number of aryl methyl sites for hydroxylation is 1. The molecule has 2 N–H and O–H groups in total. The lowest BCUT2D eigenvalue weighted by Gasteiger charge is -2.02. The summed E-state index contributed by atoms with van der Waals surface area (Å²) in [6.07, 6.45) is 4.33. The van der Waals surface area contributed by atoms with Crippen LogP contribution in [-0.2, 0) is 18.3 Å². The number of rotatable bonds is 6. The fourth-order valence-electron chi connectivity index (χ4n) is 1.28. The monoisotopic (exact) mass is 223 g/mol. The number of hydrogen-bond donors (Lipinski definition) is 2. The topological polar surface area (TPSA) is 67.2 Å². The van der Waals surface area contributed by atoms with Crippen molar-refractivity contribution in [1.29, 1.82) is 0 Å². The molecule has 88 valence electrons. The summed E-state index contributed by atoms with van der Waals surface area (Å²) < 4.78 is 1.83. The van der Waals surface area contributed by atoms with Crippen molar-refractivity contribution in [3.8, 4) is 0 Å². The molecule has 0 saturated carbocycles. The normalized spacial score (nSPS) is 11.8. The molecule has 1 aromatic heterocycles. The first-order valence-electron chi connectivity index (χ1n) is 5.19. The number of carboxylic acid groups (broad SMARTS) is 1. The van der Waals surface area contributed by atoms with E-state index >= 15 is 0 Å². The molecule has 0 aliphatic rings. The SMILES string of the molecule is CC(=CCNCCc1ccnn1C)C(=O)O. The highest BCUT2D eigenvalue weighted by Gasteiger charge is 1.99. The Balaban J connectivity index is 2.20. The minimum Gasteiger partial charge on any atom is -0.478 e. The van der Waals surface area contributed by atoms with Gasteiger partial charge in [-0.25, -0.2) is 4.79 Å². The van der Waals surface area contributed by atoms with E-state index < -0.39 is 5.97 Å². The van der Waals surface area contributed by atoms with Gasteiger partial charge in [0.05, 0.1) is 0 Å². The van der Waals surface area contributed by atoms with Gasteiger partial charge in [0.1, 0.15) is 0 Å². The molecule has 0 aliphatic carbocycles. The van der Waals surface area contributed by atoms with Gasteiger partial charge in [-0.1, -0.05) is 6.08 Å². The van der Waals surface area contributed by atoms with Gasteiger partial charge in [0, 0.05) is 44.0 Å². The van der Waals surface area contributed by atoms with Crippen LogP contribution in [0.5, 0.6) is 0 Å². The Morgan fingerprint density at radius 2 is 2.44 bits per heavy atom. The van der Waals surface area contributed by atoms with Gasteiger partial charge in [-0.15, -0.1) is 0 Å². The zero-order valence-corrected chi connectivity index (χ0v) is 9.60. The zero-order valence-electron chi connectivity index (χ0n) is 9.60. The molecule has 1 aromatic rings. The van der Waals surface area contributed by atoms with Crippen molar-refractivity contribution in [3.63, 3.8) is 0 Å². The van der Waals surface area contributed by atoms with Crippen molar-refractivity contribution >= 4 is 5.97 Å². The van der Waals surface area contributed by atoms with Crippen LogP contribution >= 0.6 is 0 Å². The Bertz CT molecular complexity index is 382. The van der Waals surface area contributed by atoms with Gasteiger partial charge in [0.15, 0.2) is 0 Å². The number of aromatic nitrogens is 2. The summed E-state index contributed by atoms with van der Waals surface area (Å²) in [6.45, 7) is 2.98. The van der Waals surface area contributed by atoms with Crippen molar-refractivity contribution < 1.29 is 9.90 Å². The molecule has 0 spiro atoms. The molecular formula is C11H17N3O2. The molecule has 5 heteroatoms. The van der Waals surface area contributed by atoms with Gasteiger partial charge in [-0.2, -0.15) is 5.10 Å². The Morgan fingerprint density at radius 3 is 3.00 bits per heavy atom. The van der Waals surface area contributed by atoms with E-state index in [-0.39, 0.29) is 0 Å². The molecule has 0 atom stereocenters. The molecule has 0 aromatic carbocycles. The molecule has 0 fully saturated rings. The Labute approximate surface area is 94.8 Å². The van der Waals surface area contributed by atoms with Crippen LogP contribution in [0.15, 0.2) is 23.9 Å². The lowest BCUT2D eigenvalue weighted by Crippen LogP contribution is -2.19. The fourth-order valence-corrected chi connectivity index (χ4v) is 1.28. The average molecular weight is 223 g/mol. The van der Waals surface area contributed by atoms with Crippen molar-refractivity contribution in [1.82, 2.24) is 15.1 Å². The number of nitrogens with one attached hydrogen (secondary N) is 1. The van der Waals surface area contributed by atoms with Gasteiger partial charge >= 0.3 is 5.97 Å². The second-order valence-electron chi connectivity index (χ2n) is 3.59. The van der Waals surface area contributed by atoms with Crippen LogP contribution in [0.2, 0.25) is 0 Å². The van der Waals surface area contributed by atoms with Crippen LogP contribution in [0.4, 0.5) is 0 Å². The molecule has 16 heavy (non-hydrogen) atoms. The van der Waals surface area contributed by atoms with E-state index in [1.54, 1.807) is 19.2 Å². The molecule has 0 bridgehead atoms. The summed E-state index contributed by atoms with van der Waals surface area (Å²) in [5.41, 5.74) is 1.53. The minimum absolute atomic E-state index is 0.369. The summed E-state index contributed by atoms with van der Waals surface area (Å²) in [5.74, 6) is -0.867. The standard InChI is InChI=1S/C11H17N3O2/c1-9(11(15)16)3-6-12-7-4-10-5-8-13-14(10)2/h3,5,8,12H,4,6-7H2,1-2H3,(H,15,16). The second-order valence-corrected chi connectivity index (χ2v) is 3.59. The molecule has 1 rings (SSSR count). The van der Waals surface area contributed by atoms with Crippen LogP contribution < -0.4 is 5.32 Å². The average Bonchev–Trinajstić information content (AvgIpc) is 2.63. The molecule has 0 saturated heterocycles.